The SMILES string of the molecule is CNc1cc(CN)ccc1N1CCC(C(=O)OC)CC1. The number of benzene rings is 1. The summed E-state index contributed by atoms with van der Waals surface area (Å²) in [7, 11) is 3.37. The molecule has 5 nitrogen and oxygen atoms in total. The van der Waals surface area contributed by atoms with E-state index in [1.165, 1.54) is 12.8 Å². The van der Waals surface area contributed by atoms with Gasteiger partial charge < -0.3 is 20.7 Å². The van der Waals surface area contributed by atoms with Crippen molar-refractivity contribution in [2.75, 3.05) is 37.5 Å². The molecule has 0 aromatic heterocycles. The molecule has 1 aliphatic rings. The number of anilines is 2. The van der Waals surface area contributed by atoms with Crippen molar-refractivity contribution in [1.82, 2.24) is 0 Å². The van der Waals surface area contributed by atoms with Crippen LogP contribution >= 0.6 is 0 Å². The normalized spacial score (nSPS) is 16.1. The van der Waals surface area contributed by atoms with Crippen LogP contribution in [0.4, 0.5) is 11.4 Å². The van der Waals surface area contributed by atoms with Gasteiger partial charge in [-0.25, -0.2) is 0 Å². The van der Waals surface area contributed by atoms with Crippen LogP contribution in [-0.2, 0) is 16.1 Å². The lowest BCUT2D eigenvalue weighted by Gasteiger charge is -2.33. The number of methoxy groups -OCH3 is 1. The Labute approximate surface area is 120 Å². The molecule has 1 aromatic rings. The summed E-state index contributed by atoms with van der Waals surface area (Å²) in [5.41, 5.74) is 9.05. The Morgan fingerprint density at radius 2 is 2.15 bits per heavy atom. The first-order valence-corrected chi connectivity index (χ1v) is 7.03. The van der Waals surface area contributed by atoms with Gasteiger partial charge in [-0.2, -0.15) is 0 Å². The number of ether oxygens (including phenoxy) is 1. The Hall–Kier alpha value is -1.75. The molecule has 20 heavy (non-hydrogen) atoms. The Kier molecular flexibility index (Phi) is 4.84. The van der Waals surface area contributed by atoms with Crippen LogP contribution in [0.2, 0.25) is 0 Å². The topological polar surface area (TPSA) is 67.6 Å². The zero-order valence-electron chi connectivity index (χ0n) is 12.2. The van der Waals surface area contributed by atoms with Crippen LogP contribution in [0, 0.1) is 5.92 Å². The Morgan fingerprint density at radius 3 is 2.70 bits per heavy atom. The first-order chi connectivity index (χ1) is 9.69. The van der Waals surface area contributed by atoms with Gasteiger partial charge in [0.05, 0.1) is 24.4 Å². The van der Waals surface area contributed by atoms with Gasteiger partial charge in [-0.1, -0.05) is 6.07 Å². The molecule has 0 aliphatic carbocycles. The highest BCUT2D eigenvalue weighted by molar-refractivity contribution is 5.74. The van der Waals surface area contributed by atoms with E-state index in [1.54, 1.807) is 0 Å². The summed E-state index contributed by atoms with van der Waals surface area (Å²) in [6.45, 7) is 2.28. The highest BCUT2D eigenvalue weighted by atomic mass is 16.5. The molecule has 0 saturated carbocycles. The standard InChI is InChI=1S/C15H23N3O2/c1-17-13-9-11(10-16)3-4-14(13)18-7-5-12(6-8-18)15(19)20-2/h3-4,9,12,17H,5-8,10,16H2,1-2H3. The monoisotopic (exact) mass is 277 g/mol. The summed E-state index contributed by atoms with van der Waals surface area (Å²) in [6.07, 6.45) is 1.68. The third kappa shape index (κ3) is 3.04. The fraction of sp³-hybridized carbons (Fsp3) is 0.533. The molecular formula is C15H23N3O2. The average molecular weight is 277 g/mol. The number of nitrogens with two attached hydrogens (primary N) is 1. The van der Waals surface area contributed by atoms with Crippen LogP contribution in [0.5, 0.6) is 0 Å². The summed E-state index contributed by atoms with van der Waals surface area (Å²) in [5, 5.41) is 3.22. The highest BCUT2D eigenvalue weighted by Crippen LogP contribution is 2.30. The van der Waals surface area contributed by atoms with Crippen molar-refractivity contribution in [2.24, 2.45) is 11.7 Å². The van der Waals surface area contributed by atoms with Gasteiger partial charge in [-0.3, -0.25) is 4.79 Å². The number of hydrogen-bond donors (Lipinski definition) is 2. The molecule has 2 rings (SSSR count). The maximum Gasteiger partial charge on any atom is 0.308 e. The molecule has 0 radical (unpaired) electrons. The van der Waals surface area contributed by atoms with E-state index in [-0.39, 0.29) is 11.9 Å². The van der Waals surface area contributed by atoms with Gasteiger partial charge in [0.25, 0.3) is 0 Å². The van der Waals surface area contributed by atoms with Gasteiger partial charge in [0, 0.05) is 26.7 Å². The zero-order chi connectivity index (χ0) is 14.5. The van der Waals surface area contributed by atoms with Crippen LogP contribution < -0.4 is 16.0 Å². The minimum atomic E-state index is -0.0861. The molecule has 0 atom stereocenters. The summed E-state index contributed by atoms with van der Waals surface area (Å²) < 4.78 is 4.82. The van der Waals surface area contributed by atoms with Crippen LogP contribution in [-0.4, -0.2) is 33.2 Å². The summed E-state index contributed by atoms with van der Waals surface area (Å²) in [5.74, 6) is -0.0467. The number of hydrogen-bond acceptors (Lipinski definition) is 5. The van der Waals surface area contributed by atoms with Gasteiger partial charge in [0.15, 0.2) is 0 Å². The lowest BCUT2D eigenvalue weighted by atomic mass is 9.96. The molecule has 1 aromatic carbocycles. The van der Waals surface area contributed by atoms with Crippen molar-refractivity contribution in [3.8, 4) is 0 Å². The fourth-order valence-electron chi connectivity index (χ4n) is 2.71. The van der Waals surface area contributed by atoms with Crippen molar-refractivity contribution in [2.45, 2.75) is 19.4 Å². The largest absolute Gasteiger partial charge is 0.469 e. The quantitative estimate of drug-likeness (QED) is 0.818. The summed E-state index contributed by atoms with van der Waals surface area (Å²) in [6, 6.07) is 6.25. The molecule has 0 unspecified atom stereocenters. The molecule has 110 valence electrons. The van der Waals surface area contributed by atoms with Gasteiger partial charge in [0.1, 0.15) is 0 Å². The van der Waals surface area contributed by atoms with Crippen molar-refractivity contribution in [3.63, 3.8) is 0 Å². The molecule has 0 bridgehead atoms. The van der Waals surface area contributed by atoms with E-state index in [0.29, 0.717) is 6.54 Å². The van der Waals surface area contributed by atoms with Crippen molar-refractivity contribution >= 4 is 17.3 Å². The molecule has 5 heteroatoms. The minimum absolute atomic E-state index is 0.0394. The van der Waals surface area contributed by atoms with E-state index < -0.39 is 0 Å². The van der Waals surface area contributed by atoms with Crippen molar-refractivity contribution in [3.05, 3.63) is 23.8 Å². The minimum Gasteiger partial charge on any atom is -0.469 e. The van der Waals surface area contributed by atoms with Gasteiger partial charge >= 0.3 is 5.97 Å². The van der Waals surface area contributed by atoms with Crippen LogP contribution in [0.25, 0.3) is 0 Å². The summed E-state index contributed by atoms with van der Waals surface area (Å²) in [4.78, 5) is 13.9. The number of nitrogens with zero attached hydrogens (tertiary/aromatic N) is 1. The molecule has 1 aliphatic heterocycles. The van der Waals surface area contributed by atoms with E-state index in [2.05, 4.69) is 28.4 Å². The van der Waals surface area contributed by atoms with Crippen molar-refractivity contribution in [1.29, 1.82) is 0 Å². The molecule has 1 heterocycles. The van der Waals surface area contributed by atoms with Crippen LogP contribution in [0.15, 0.2) is 18.2 Å². The van der Waals surface area contributed by atoms with E-state index in [1.807, 2.05) is 7.05 Å². The number of piperidine rings is 1. The maximum absolute atomic E-state index is 11.5. The van der Waals surface area contributed by atoms with Crippen LogP contribution in [0.1, 0.15) is 18.4 Å². The van der Waals surface area contributed by atoms with Gasteiger partial charge in [-0.15, -0.1) is 0 Å². The van der Waals surface area contributed by atoms with E-state index in [9.17, 15) is 4.79 Å². The Balaban J connectivity index is 2.08. The number of carbonyl (C=O) groups excluding carboxylic acids is 1. The molecule has 1 fully saturated rings. The number of rotatable bonds is 4. The van der Waals surface area contributed by atoms with Gasteiger partial charge in [0.2, 0.25) is 0 Å². The number of nitrogens with one attached hydrogen (secondary N) is 1. The number of esters is 1. The first-order valence-electron chi connectivity index (χ1n) is 7.03. The third-order valence-corrected chi connectivity index (χ3v) is 3.94. The number of carbonyl (C=O) groups is 1. The maximum atomic E-state index is 11.5. The average Bonchev–Trinajstić information content (AvgIpc) is 2.53. The molecule has 3 N–H and O–H groups in total. The molecular weight excluding hydrogens is 254 g/mol. The second-order valence-corrected chi connectivity index (χ2v) is 5.09. The Morgan fingerprint density at radius 1 is 1.45 bits per heavy atom. The fourth-order valence-corrected chi connectivity index (χ4v) is 2.71. The Bertz CT molecular complexity index is 468. The van der Waals surface area contributed by atoms with E-state index in [0.717, 1.165) is 37.2 Å². The van der Waals surface area contributed by atoms with Crippen LogP contribution in [0.3, 0.4) is 0 Å². The third-order valence-electron chi connectivity index (χ3n) is 3.94. The van der Waals surface area contributed by atoms with Crippen molar-refractivity contribution < 1.29 is 9.53 Å². The first kappa shape index (κ1) is 14.7. The smallest absolute Gasteiger partial charge is 0.308 e. The molecule has 0 amide bonds. The lowest BCUT2D eigenvalue weighted by molar-refractivity contribution is -0.146. The van der Waals surface area contributed by atoms with E-state index in [4.69, 9.17) is 10.5 Å². The zero-order valence-corrected chi connectivity index (χ0v) is 12.2. The lowest BCUT2D eigenvalue weighted by Crippen LogP contribution is -2.37. The predicted molar refractivity (Wildman–Crippen MR) is 80.8 cm³/mol. The highest BCUT2D eigenvalue weighted by Gasteiger charge is 2.26. The summed E-state index contributed by atoms with van der Waals surface area (Å²) >= 11 is 0. The molecule has 0 spiro atoms. The predicted octanol–water partition coefficient (Wildman–Crippen LogP) is 1.58. The van der Waals surface area contributed by atoms with Gasteiger partial charge in [-0.05, 0) is 30.5 Å². The second kappa shape index (κ2) is 6.61. The van der Waals surface area contributed by atoms with E-state index >= 15 is 0 Å². The molecule has 1 saturated heterocycles. The second-order valence-electron chi connectivity index (χ2n) is 5.09.